The van der Waals surface area contributed by atoms with Crippen LogP contribution in [0.4, 0.5) is 0 Å². The Labute approximate surface area is 98.6 Å². The molecular formula is C13H23NS. The molecule has 0 fully saturated rings. The maximum atomic E-state index is 4.16. The molecule has 0 radical (unpaired) electrons. The first-order valence-electron chi connectivity index (χ1n) is 5.45. The Hall–Kier alpha value is -0.890. The van der Waals surface area contributed by atoms with Crippen molar-refractivity contribution in [3.05, 3.63) is 34.8 Å². The van der Waals surface area contributed by atoms with Crippen molar-refractivity contribution in [2.45, 2.75) is 41.5 Å². The fraction of sp³-hybridized carbons (Fsp3) is 0.462. The van der Waals surface area contributed by atoms with Crippen molar-refractivity contribution >= 4 is 16.9 Å². The first kappa shape index (κ1) is 16.5. The second-order valence-electron chi connectivity index (χ2n) is 2.35. The summed E-state index contributed by atoms with van der Waals surface area (Å²) in [5.74, 6) is 0. The molecule has 0 aromatic carbocycles. The third-order valence-corrected chi connectivity index (χ3v) is 2.54. The molecule has 0 spiro atoms. The summed E-state index contributed by atoms with van der Waals surface area (Å²) in [6.07, 6.45) is 3.80. The van der Waals surface area contributed by atoms with E-state index in [9.17, 15) is 0 Å². The smallest absolute Gasteiger partial charge is 0.0801 e. The monoisotopic (exact) mass is 225 g/mol. The molecule has 86 valence electrons. The Kier molecular flexibility index (Phi) is 12.3. The van der Waals surface area contributed by atoms with Crippen LogP contribution >= 0.6 is 11.3 Å². The molecule has 0 aliphatic rings. The average molecular weight is 225 g/mol. The molecule has 1 aromatic heterocycles. The van der Waals surface area contributed by atoms with Crippen molar-refractivity contribution in [3.63, 3.8) is 0 Å². The number of hydrogen-bond donors (Lipinski definition) is 0. The van der Waals surface area contributed by atoms with Crippen molar-refractivity contribution in [3.8, 4) is 0 Å². The van der Waals surface area contributed by atoms with Gasteiger partial charge in [0.25, 0.3) is 0 Å². The molecule has 0 amide bonds. The number of rotatable bonds is 2. The van der Waals surface area contributed by atoms with Gasteiger partial charge in [-0.1, -0.05) is 46.4 Å². The highest BCUT2D eigenvalue weighted by atomic mass is 32.1. The number of aromatic nitrogens is 1. The largest absolute Gasteiger partial charge is 0.249 e. The molecule has 0 N–H and O–H groups in total. The summed E-state index contributed by atoms with van der Waals surface area (Å²) in [5.41, 5.74) is 4.20. The van der Waals surface area contributed by atoms with Crippen LogP contribution in [-0.4, -0.2) is 4.98 Å². The fourth-order valence-electron chi connectivity index (χ4n) is 0.933. The van der Waals surface area contributed by atoms with Crippen LogP contribution in [0.1, 0.15) is 45.2 Å². The second kappa shape index (κ2) is 11.2. The Balaban J connectivity index is 0. The fourth-order valence-corrected chi connectivity index (χ4v) is 1.73. The summed E-state index contributed by atoms with van der Waals surface area (Å²) in [4.78, 5) is 5.42. The zero-order chi connectivity index (χ0) is 12.3. The minimum absolute atomic E-state index is 1.10. The van der Waals surface area contributed by atoms with Gasteiger partial charge in [-0.3, -0.25) is 0 Å². The predicted octanol–water partition coefficient (Wildman–Crippen LogP) is 5.09. The van der Waals surface area contributed by atoms with Crippen molar-refractivity contribution in [2.75, 3.05) is 0 Å². The molecule has 0 unspecified atom stereocenters. The van der Waals surface area contributed by atoms with Crippen LogP contribution in [0, 0.1) is 6.92 Å². The highest BCUT2D eigenvalue weighted by Crippen LogP contribution is 2.21. The van der Waals surface area contributed by atoms with Crippen LogP contribution in [-0.2, 0) is 0 Å². The zero-order valence-corrected chi connectivity index (χ0v) is 11.6. The molecule has 1 nitrogen and oxygen atoms in total. The van der Waals surface area contributed by atoms with Gasteiger partial charge in [0.2, 0.25) is 0 Å². The lowest BCUT2D eigenvalue weighted by atomic mass is 10.2. The van der Waals surface area contributed by atoms with E-state index in [0.717, 1.165) is 5.69 Å². The van der Waals surface area contributed by atoms with Crippen molar-refractivity contribution in [1.29, 1.82) is 0 Å². The maximum absolute atomic E-state index is 4.16. The van der Waals surface area contributed by atoms with E-state index in [2.05, 4.69) is 18.5 Å². The summed E-state index contributed by atoms with van der Waals surface area (Å²) in [6.45, 7) is 15.7. The summed E-state index contributed by atoms with van der Waals surface area (Å²) >= 11 is 1.67. The molecule has 1 aromatic rings. The van der Waals surface area contributed by atoms with E-state index in [4.69, 9.17) is 0 Å². The van der Waals surface area contributed by atoms with Gasteiger partial charge < -0.3 is 0 Å². The van der Waals surface area contributed by atoms with Gasteiger partial charge in [0.1, 0.15) is 0 Å². The minimum Gasteiger partial charge on any atom is -0.249 e. The summed E-state index contributed by atoms with van der Waals surface area (Å²) in [7, 11) is 0. The molecule has 0 bridgehead atoms. The predicted molar refractivity (Wildman–Crippen MR) is 73.4 cm³/mol. The van der Waals surface area contributed by atoms with Crippen LogP contribution in [0.25, 0.3) is 5.57 Å². The van der Waals surface area contributed by atoms with Crippen molar-refractivity contribution in [1.82, 2.24) is 4.98 Å². The molecule has 2 heteroatoms. The number of aryl methyl sites for hydroxylation is 1. The number of hydrogen-bond acceptors (Lipinski definition) is 2. The molecule has 0 saturated carbocycles. The van der Waals surface area contributed by atoms with Gasteiger partial charge in [-0.05, 0) is 19.4 Å². The lowest BCUT2D eigenvalue weighted by Gasteiger charge is -1.94. The molecular weight excluding hydrogens is 202 g/mol. The van der Waals surface area contributed by atoms with E-state index in [-0.39, 0.29) is 0 Å². The van der Waals surface area contributed by atoms with E-state index >= 15 is 0 Å². The molecule has 0 aliphatic heterocycles. The molecule has 0 aliphatic carbocycles. The van der Waals surface area contributed by atoms with Gasteiger partial charge in [0, 0.05) is 0 Å². The SMILES string of the molecule is C=C/C=C(\C)c1scnc1C.CC.CC. The highest BCUT2D eigenvalue weighted by Gasteiger charge is 2.00. The molecule has 1 heterocycles. The third-order valence-electron chi connectivity index (χ3n) is 1.47. The quantitative estimate of drug-likeness (QED) is 0.639. The molecule has 1 rings (SSSR count). The topological polar surface area (TPSA) is 12.9 Å². The number of allylic oxidation sites excluding steroid dienone is 3. The second-order valence-corrected chi connectivity index (χ2v) is 3.21. The van der Waals surface area contributed by atoms with E-state index in [1.165, 1.54) is 10.5 Å². The van der Waals surface area contributed by atoms with Crippen LogP contribution < -0.4 is 0 Å². The van der Waals surface area contributed by atoms with Gasteiger partial charge in [0.15, 0.2) is 0 Å². The van der Waals surface area contributed by atoms with Gasteiger partial charge in [-0.2, -0.15) is 0 Å². The van der Waals surface area contributed by atoms with Crippen LogP contribution in [0.15, 0.2) is 24.2 Å². The summed E-state index contributed by atoms with van der Waals surface area (Å²) < 4.78 is 0. The summed E-state index contributed by atoms with van der Waals surface area (Å²) in [6, 6.07) is 0. The lowest BCUT2D eigenvalue weighted by molar-refractivity contribution is 1.25. The molecule has 0 atom stereocenters. The average Bonchev–Trinajstić information content (AvgIpc) is 2.71. The van der Waals surface area contributed by atoms with Crippen molar-refractivity contribution in [2.24, 2.45) is 0 Å². The third kappa shape index (κ3) is 6.24. The van der Waals surface area contributed by atoms with Gasteiger partial charge >= 0.3 is 0 Å². The number of thiazole rings is 1. The van der Waals surface area contributed by atoms with E-state index < -0.39 is 0 Å². The van der Waals surface area contributed by atoms with Crippen LogP contribution in [0.3, 0.4) is 0 Å². The van der Waals surface area contributed by atoms with E-state index in [1.807, 2.05) is 46.2 Å². The van der Waals surface area contributed by atoms with Crippen LogP contribution in [0.5, 0.6) is 0 Å². The van der Waals surface area contributed by atoms with E-state index in [0.29, 0.717) is 0 Å². The maximum Gasteiger partial charge on any atom is 0.0801 e. The molecule has 15 heavy (non-hydrogen) atoms. The highest BCUT2D eigenvalue weighted by molar-refractivity contribution is 7.10. The normalized spacial score (nSPS) is 9.33. The summed E-state index contributed by atoms with van der Waals surface area (Å²) in [5, 5.41) is 0. The minimum atomic E-state index is 1.10. The Morgan fingerprint density at radius 3 is 2.20 bits per heavy atom. The van der Waals surface area contributed by atoms with Gasteiger partial charge in [-0.25, -0.2) is 4.98 Å². The van der Waals surface area contributed by atoms with Crippen molar-refractivity contribution < 1.29 is 0 Å². The first-order valence-corrected chi connectivity index (χ1v) is 6.33. The zero-order valence-electron chi connectivity index (χ0n) is 10.8. The van der Waals surface area contributed by atoms with Gasteiger partial charge in [-0.15, -0.1) is 11.3 Å². The van der Waals surface area contributed by atoms with Gasteiger partial charge in [0.05, 0.1) is 16.1 Å². The molecule has 0 saturated heterocycles. The standard InChI is InChI=1S/C9H11NS.2C2H6/c1-4-5-7(2)9-8(3)10-6-11-9;2*1-2/h4-6H,1H2,2-3H3;2*1-2H3/b7-5+;;. The Morgan fingerprint density at radius 2 is 1.87 bits per heavy atom. The van der Waals surface area contributed by atoms with E-state index in [1.54, 1.807) is 17.4 Å². The Morgan fingerprint density at radius 1 is 1.33 bits per heavy atom. The Bertz CT molecular complexity index is 284. The van der Waals surface area contributed by atoms with Crippen LogP contribution in [0.2, 0.25) is 0 Å². The first-order chi connectivity index (χ1) is 7.25. The lowest BCUT2D eigenvalue weighted by Crippen LogP contribution is -1.77. The number of nitrogens with zero attached hydrogens (tertiary/aromatic N) is 1.